The first-order chi connectivity index (χ1) is 11.5. The van der Waals surface area contributed by atoms with E-state index in [0.29, 0.717) is 24.3 Å². The summed E-state index contributed by atoms with van der Waals surface area (Å²) in [5.41, 5.74) is 1.21. The van der Waals surface area contributed by atoms with Crippen molar-refractivity contribution in [1.29, 1.82) is 0 Å². The Bertz CT molecular complexity index is 604. The van der Waals surface area contributed by atoms with Crippen LogP contribution in [0.3, 0.4) is 0 Å². The Balaban J connectivity index is 1.64. The lowest BCUT2D eigenvalue weighted by atomic mass is 9.72. The van der Waals surface area contributed by atoms with Crippen LogP contribution in [0.1, 0.15) is 70.3 Å². The number of benzene rings is 1. The molecule has 0 aliphatic heterocycles. The lowest BCUT2D eigenvalue weighted by Crippen LogP contribution is -2.29. The maximum absolute atomic E-state index is 13.7. The molecule has 0 amide bonds. The van der Waals surface area contributed by atoms with Crippen molar-refractivity contribution < 1.29 is 9.50 Å². The third-order valence-electron chi connectivity index (χ3n) is 6.05. The Morgan fingerprint density at radius 1 is 1.25 bits per heavy atom. The molecule has 0 saturated heterocycles. The van der Waals surface area contributed by atoms with Gasteiger partial charge in [-0.1, -0.05) is 49.1 Å². The third-order valence-corrected chi connectivity index (χ3v) is 6.36. The van der Waals surface area contributed by atoms with Crippen LogP contribution < -0.4 is 0 Å². The molecule has 2 aliphatic rings. The third kappa shape index (κ3) is 3.86. The second kappa shape index (κ2) is 7.58. The smallest absolute Gasteiger partial charge is 0.142 e. The van der Waals surface area contributed by atoms with Crippen molar-refractivity contribution in [3.8, 4) is 0 Å². The molecule has 1 aromatic carbocycles. The average Bonchev–Trinajstić information content (AvgIpc) is 2.59. The van der Waals surface area contributed by atoms with E-state index in [1.165, 1.54) is 50.2 Å². The Hall–Kier alpha value is -0.860. The summed E-state index contributed by atoms with van der Waals surface area (Å²) in [7, 11) is 0. The van der Waals surface area contributed by atoms with Crippen LogP contribution in [0.4, 0.5) is 4.39 Å². The highest BCUT2D eigenvalue weighted by atomic mass is 35.5. The van der Waals surface area contributed by atoms with E-state index < -0.39 is 11.4 Å². The molecule has 24 heavy (non-hydrogen) atoms. The number of aliphatic hydroxyl groups is 1. The van der Waals surface area contributed by atoms with E-state index in [2.05, 4.69) is 13.0 Å². The molecule has 2 aliphatic carbocycles. The summed E-state index contributed by atoms with van der Waals surface area (Å²) in [6.07, 6.45) is 12.4. The molecule has 0 spiro atoms. The minimum Gasteiger partial charge on any atom is -0.385 e. The Morgan fingerprint density at radius 3 is 2.58 bits per heavy atom. The van der Waals surface area contributed by atoms with Crippen molar-refractivity contribution in [2.75, 3.05) is 0 Å². The highest BCUT2D eigenvalue weighted by Crippen LogP contribution is 2.43. The van der Waals surface area contributed by atoms with Gasteiger partial charge in [-0.25, -0.2) is 4.39 Å². The zero-order valence-corrected chi connectivity index (χ0v) is 15.3. The lowest BCUT2D eigenvalue weighted by molar-refractivity contribution is 0.0238. The van der Waals surface area contributed by atoms with Crippen molar-refractivity contribution >= 4 is 11.6 Å². The van der Waals surface area contributed by atoms with Gasteiger partial charge < -0.3 is 5.11 Å². The average molecular weight is 351 g/mol. The van der Waals surface area contributed by atoms with Gasteiger partial charge in [-0.05, 0) is 74.5 Å². The van der Waals surface area contributed by atoms with E-state index in [0.717, 1.165) is 12.3 Å². The highest BCUT2D eigenvalue weighted by Gasteiger charge is 2.34. The Morgan fingerprint density at radius 2 is 2.00 bits per heavy atom. The van der Waals surface area contributed by atoms with Gasteiger partial charge in [0.2, 0.25) is 0 Å². The molecule has 1 nitrogen and oxygen atoms in total. The van der Waals surface area contributed by atoms with E-state index in [4.69, 9.17) is 11.6 Å². The number of hydrogen-bond acceptors (Lipinski definition) is 1. The van der Waals surface area contributed by atoms with Gasteiger partial charge in [-0.15, -0.1) is 0 Å². The van der Waals surface area contributed by atoms with E-state index in [1.54, 1.807) is 12.1 Å². The first-order valence-electron chi connectivity index (χ1n) is 9.38. The van der Waals surface area contributed by atoms with Gasteiger partial charge in [0, 0.05) is 0 Å². The van der Waals surface area contributed by atoms with Crippen LogP contribution in [0.15, 0.2) is 29.8 Å². The maximum atomic E-state index is 13.7. The standard InChI is InChI=1S/C21H28ClFO/c1-2-3-15-4-6-16(7-5-15)17-10-12-21(24,13-11-17)18-8-9-19(22)20(23)14-18/h8-10,14-16,24H,2-7,11-13H2,1H3. The molecular weight excluding hydrogens is 323 g/mol. The Kier molecular flexibility index (Phi) is 5.66. The van der Waals surface area contributed by atoms with Gasteiger partial charge in [-0.2, -0.15) is 0 Å². The van der Waals surface area contributed by atoms with Crippen molar-refractivity contribution in [1.82, 2.24) is 0 Å². The molecule has 1 saturated carbocycles. The Labute approximate surface area is 149 Å². The largest absolute Gasteiger partial charge is 0.385 e. The summed E-state index contributed by atoms with van der Waals surface area (Å²) in [4.78, 5) is 0. The van der Waals surface area contributed by atoms with E-state index >= 15 is 0 Å². The van der Waals surface area contributed by atoms with Crippen molar-refractivity contribution in [2.45, 2.75) is 70.3 Å². The van der Waals surface area contributed by atoms with Crippen LogP contribution in [-0.4, -0.2) is 5.11 Å². The first kappa shape index (κ1) is 17.9. The summed E-state index contributed by atoms with van der Waals surface area (Å²) in [6, 6.07) is 4.68. The number of halogens is 2. The number of hydrogen-bond donors (Lipinski definition) is 1. The van der Waals surface area contributed by atoms with Crippen LogP contribution in [-0.2, 0) is 5.60 Å². The minimum atomic E-state index is -0.950. The molecule has 3 rings (SSSR count). The fourth-order valence-corrected chi connectivity index (χ4v) is 4.62. The summed E-state index contributed by atoms with van der Waals surface area (Å²) in [5.74, 6) is 1.17. The molecule has 1 N–H and O–H groups in total. The first-order valence-corrected chi connectivity index (χ1v) is 9.76. The zero-order chi connectivity index (χ0) is 17.2. The fourth-order valence-electron chi connectivity index (χ4n) is 4.50. The predicted molar refractivity (Wildman–Crippen MR) is 97.6 cm³/mol. The van der Waals surface area contributed by atoms with Gasteiger partial charge in [-0.3, -0.25) is 0 Å². The molecule has 0 heterocycles. The van der Waals surface area contributed by atoms with E-state index in [1.807, 2.05) is 0 Å². The molecule has 1 unspecified atom stereocenters. The van der Waals surface area contributed by atoms with E-state index in [-0.39, 0.29) is 5.02 Å². The van der Waals surface area contributed by atoms with Crippen LogP contribution in [0.5, 0.6) is 0 Å². The van der Waals surface area contributed by atoms with Crippen LogP contribution in [0, 0.1) is 17.7 Å². The zero-order valence-electron chi connectivity index (χ0n) is 14.5. The van der Waals surface area contributed by atoms with Gasteiger partial charge in [0.15, 0.2) is 0 Å². The summed E-state index contributed by atoms with van der Waals surface area (Å²) in [5, 5.41) is 11.0. The van der Waals surface area contributed by atoms with Crippen molar-refractivity contribution in [2.24, 2.45) is 11.8 Å². The SMILES string of the molecule is CCCC1CCC(C2=CCC(O)(c3ccc(Cl)c(F)c3)CC2)CC1. The summed E-state index contributed by atoms with van der Waals surface area (Å²) < 4.78 is 13.7. The second-order valence-electron chi connectivity index (χ2n) is 7.65. The molecule has 3 heteroatoms. The molecule has 1 atom stereocenters. The molecule has 132 valence electrons. The van der Waals surface area contributed by atoms with Gasteiger partial charge in [0.1, 0.15) is 5.82 Å². The van der Waals surface area contributed by atoms with Gasteiger partial charge in [0.05, 0.1) is 10.6 Å². The fraction of sp³-hybridized carbons (Fsp3) is 0.619. The molecule has 0 bridgehead atoms. The van der Waals surface area contributed by atoms with Gasteiger partial charge >= 0.3 is 0 Å². The number of rotatable bonds is 4. The number of allylic oxidation sites excluding steroid dienone is 1. The summed E-state index contributed by atoms with van der Waals surface area (Å²) in [6.45, 7) is 2.27. The lowest BCUT2D eigenvalue weighted by Gasteiger charge is -2.36. The van der Waals surface area contributed by atoms with E-state index in [9.17, 15) is 9.50 Å². The normalized spacial score (nSPS) is 30.9. The molecule has 1 fully saturated rings. The molecule has 0 radical (unpaired) electrons. The highest BCUT2D eigenvalue weighted by molar-refractivity contribution is 6.30. The molecule has 0 aromatic heterocycles. The van der Waals surface area contributed by atoms with Crippen molar-refractivity contribution in [3.05, 3.63) is 46.3 Å². The topological polar surface area (TPSA) is 20.2 Å². The minimum absolute atomic E-state index is 0.109. The van der Waals surface area contributed by atoms with Gasteiger partial charge in [0.25, 0.3) is 0 Å². The van der Waals surface area contributed by atoms with Crippen LogP contribution in [0.25, 0.3) is 0 Å². The predicted octanol–water partition coefficient (Wildman–Crippen LogP) is 6.38. The molecule has 1 aromatic rings. The monoisotopic (exact) mass is 350 g/mol. The quantitative estimate of drug-likeness (QED) is 0.624. The summed E-state index contributed by atoms with van der Waals surface area (Å²) >= 11 is 5.76. The van der Waals surface area contributed by atoms with Crippen molar-refractivity contribution in [3.63, 3.8) is 0 Å². The van der Waals surface area contributed by atoms with Crippen LogP contribution in [0.2, 0.25) is 5.02 Å². The van der Waals surface area contributed by atoms with Crippen LogP contribution >= 0.6 is 11.6 Å². The molecular formula is C21H28ClFO. The maximum Gasteiger partial charge on any atom is 0.142 e. The second-order valence-corrected chi connectivity index (χ2v) is 8.06.